The van der Waals surface area contributed by atoms with Crippen LogP contribution in [0.25, 0.3) is 0 Å². The van der Waals surface area contributed by atoms with Crippen molar-refractivity contribution in [3.63, 3.8) is 0 Å². The maximum absolute atomic E-state index is 13.4. The van der Waals surface area contributed by atoms with Gasteiger partial charge in [-0.3, -0.25) is 9.11 Å². The second-order valence-corrected chi connectivity index (χ2v) is 11.8. The van der Waals surface area contributed by atoms with Crippen molar-refractivity contribution in [3.8, 4) is 5.75 Å². The van der Waals surface area contributed by atoms with Gasteiger partial charge in [0.15, 0.2) is 0 Å². The number of hydrogen-bond acceptors (Lipinski definition) is 17. The summed E-state index contributed by atoms with van der Waals surface area (Å²) in [7, 11) is -9.67. The molecule has 0 aliphatic rings. The number of nitrogen functional groups attached to an aromatic ring is 1. The molecule has 0 unspecified atom stereocenters. The topological polar surface area (TPSA) is 281 Å². The van der Waals surface area contributed by atoms with Crippen LogP contribution >= 0.6 is 12.0 Å². The zero-order chi connectivity index (χ0) is 32.9. The summed E-state index contributed by atoms with van der Waals surface area (Å²) in [6.45, 7) is 0. The fourth-order valence-electron chi connectivity index (χ4n) is 3.36. The molecule has 23 heteroatoms. The number of nitrogens with one attached hydrogen (secondary N) is 1. The zero-order valence-electron chi connectivity index (χ0n) is 21.7. The molecule has 4 rings (SSSR count). The number of nitrogens with two attached hydrogens (primary N) is 1. The van der Waals surface area contributed by atoms with Gasteiger partial charge < -0.3 is 16.2 Å². The number of phenolic OH excluding ortho intramolecular Hbond substituents is 1. The number of hydrogen-bond donors (Lipinski definition) is 6. The molecule has 236 valence electrons. The third-order valence-corrected chi connectivity index (χ3v) is 7.58. The van der Waals surface area contributed by atoms with E-state index in [-0.39, 0.29) is 33.5 Å². The zero-order valence-corrected chi connectivity index (χ0v) is 24.1. The van der Waals surface area contributed by atoms with Crippen LogP contribution in [0.1, 0.15) is 0 Å². The van der Waals surface area contributed by atoms with Gasteiger partial charge in [-0.05, 0) is 42.5 Å². The summed E-state index contributed by atoms with van der Waals surface area (Å²) in [5, 5.41) is 39.7. The van der Waals surface area contributed by atoms with E-state index >= 15 is 0 Å². The highest BCUT2D eigenvalue weighted by Crippen LogP contribution is 2.39. The van der Waals surface area contributed by atoms with Gasteiger partial charge in [0.05, 0.1) is 17.7 Å². The first-order chi connectivity index (χ1) is 21.1. The van der Waals surface area contributed by atoms with Crippen molar-refractivity contribution in [1.82, 2.24) is 9.97 Å². The second-order valence-electron chi connectivity index (χ2n) is 8.26. The molecule has 7 N–H and O–H groups in total. The van der Waals surface area contributed by atoms with E-state index in [9.17, 15) is 39.8 Å². The van der Waals surface area contributed by atoms with Crippen LogP contribution < -0.4 is 11.1 Å². The van der Waals surface area contributed by atoms with Gasteiger partial charge in [-0.1, -0.05) is 5.04 Å². The van der Waals surface area contributed by atoms with Crippen molar-refractivity contribution >= 4 is 72.2 Å². The van der Waals surface area contributed by atoms with E-state index in [1.165, 1.54) is 6.07 Å². The number of aromatic nitrogens is 2. The lowest BCUT2D eigenvalue weighted by Crippen LogP contribution is -2.02. The van der Waals surface area contributed by atoms with E-state index in [0.717, 1.165) is 48.5 Å². The molecule has 3 aromatic carbocycles. The van der Waals surface area contributed by atoms with E-state index < -0.39 is 59.2 Å². The maximum atomic E-state index is 13.4. The van der Waals surface area contributed by atoms with E-state index in [2.05, 4.69) is 45.1 Å². The number of nitrogens with zero attached hydrogens (tertiary/aromatic N) is 6. The van der Waals surface area contributed by atoms with Crippen LogP contribution in [0.2, 0.25) is 0 Å². The number of phenols is 1. The molecule has 0 fully saturated rings. The van der Waals surface area contributed by atoms with Gasteiger partial charge in [-0.15, -0.1) is 24.8 Å². The highest BCUT2D eigenvalue weighted by atomic mass is 32.2. The molecule has 0 amide bonds. The summed E-state index contributed by atoms with van der Waals surface area (Å²) < 4.78 is 97.7. The average Bonchev–Trinajstić information content (AvgIpc) is 2.93. The molecule has 18 nitrogen and oxygen atoms in total. The standard InChI is InChI=1S/C22H16F2N8O10S3/c23-20-9-21(28-22(24)27-20)26-10-1-3-18(44(35,36)37)15(5-10)31-29-13-8-14(17(33)7-12(13)25)30-32-16-6-11(43-42-41-34)2-4-19(16)45(38,39)40/h1-9,33-34H,25H2,(H,26,27,28)(H,35,36,37)(H,38,39,40). The Kier molecular flexibility index (Phi) is 9.94. The Balaban J connectivity index is 1.71. The molecule has 1 aromatic heterocycles. The highest BCUT2D eigenvalue weighted by molar-refractivity contribution is 7.94. The summed E-state index contributed by atoms with van der Waals surface area (Å²) in [6.07, 6.45) is -1.38. The smallest absolute Gasteiger partial charge is 0.313 e. The van der Waals surface area contributed by atoms with Crippen LogP contribution in [-0.4, -0.2) is 46.3 Å². The van der Waals surface area contributed by atoms with Gasteiger partial charge in [0.25, 0.3) is 20.2 Å². The lowest BCUT2D eigenvalue weighted by Gasteiger charge is -2.09. The number of benzene rings is 3. The molecule has 45 heavy (non-hydrogen) atoms. The Hall–Kier alpha value is -4.75. The van der Waals surface area contributed by atoms with E-state index in [1.54, 1.807) is 0 Å². The van der Waals surface area contributed by atoms with Gasteiger partial charge >= 0.3 is 6.08 Å². The molecule has 0 aliphatic heterocycles. The first-order valence-corrected chi connectivity index (χ1v) is 15.1. The Morgan fingerprint density at radius 1 is 0.800 bits per heavy atom. The van der Waals surface area contributed by atoms with Crippen LogP contribution in [0, 0.1) is 12.0 Å². The number of anilines is 3. The molecular weight excluding hydrogens is 670 g/mol. The van der Waals surface area contributed by atoms with Crippen molar-refractivity contribution in [2.75, 3.05) is 11.1 Å². The summed E-state index contributed by atoms with van der Waals surface area (Å²) in [4.78, 5) is 4.94. The fraction of sp³-hybridized carbons (Fsp3) is 0. The summed E-state index contributed by atoms with van der Waals surface area (Å²) in [6, 6.07) is 9.02. The maximum Gasteiger partial charge on any atom is 0.313 e. The third-order valence-electron chi connectivity index (χ3n) is 5.20. The number of halogens is 2. The summed E-state index contributed by atoms with van der Waals surface area (Å²) in [5.41, 5.74) is 4.19. The Morgan fingerprint density at radius 3 is 2.02 bits per heavy atom. The molecule has 4 aromatic rings. The van der Waals surface area contributed by atoms with Crippen LogP contribution in [0.4, 0.5) is 48.7 Å². The average molecular weight is 687 g/mol. The predicted octanol–water partition coefficient (Wildman–Crippen LogP) is 5.54. The summed E-state index contributed by atoms with van der Waals surface area (Å²) in [5.74, 6) is -2.10. The molecular formula is C22H16F2N8O10S3. The minimum absolute atomic E-state index is 0.00741. The monoisotopic (exact) mass is 686 g/mol. The highest BCUT2D eigenvalue weighted by Gasteiger charge is 2.19. The van der Waals surface area contributed by atoms with E-state index in [4.69, 9.17) is 11.0 Å². The number of azo groups is 2. The Labute approximate surface area is 254 Å². The lowest BCUT2D eigenvalue weighted by atomic mass is 10.2. The second kappa shape index (κ2) is 13.5. The van der Waals surface area contributed by atoms with Gasteiger partial charge in [-0.25, -0.2) is 5.26 Å². The van der Waals surface area contributed by atoms with Crippen molar-refractivity contribution in [1.29, 1.82) is 0 Å². The first-order valence-electron chi connectivity index (χ1n) is 11.4. The van der Waals surface area contributed by atoms with Gasteiger partial charge in [0.1, 0.15) is 44.1 Å². The third kappa shape index (κ3) is 8.67. The molecule has 0 radical (unpaired) electrons. The van der Waals surface area contributed by atoms with Crippen LogP contribution in [0.3, 0.4) is 0 Å². The fourth-order valence-corrected chi connectivity index (χ4v) is 4.96. The largest absolute Gasteiger partial charge is 0.506 e. The quantitative estimate of drug-likeness (QED) is 0.0165. The van der Waals surface area contributed by atoms with Crippen molar-refractivity contribution in [2.24, 2.45) is 20.5 Å². The molecule has 0 aliphatic carbocycles. The molecule has 0 saturated heterocycles. The number of aromatic hydroxyl groups is 1. The molecule has 0 bridgehead atoms. The van der Waals surface area contributed by atoms with Crippen LogP contribution in [-0.2, 0) is 29.6 Å². The molecule has 1 heterocycles. The Morgan fingerprint density at radius 2 is 1.40 bits per heavy atom. The first kappa shape index (κ1) is 33.1. The predicted molar refractivity (Wildman–Crippen MR) is 149 cm³/mol. The lowest BCUT2D eigenvalue weighted by molar-refractivity contribution is -0.432. The Bertz CT molecular complexity index is 2030. The van der Waals surface area contributed by atoms with Gasteiger partial charge in [0.2, 0.25) is 5.95 Å². The van der Waals surface area contributed by atoms with Gasteiger partial charge in [-0.2, -0.15) is 35.6 Å². The van der Waals surface area contributed by atoms with E-state index in [0.29, 0.717) is 12.0 Å². The summed E-state index contributed by atoms with van der Waals surface area (Å²) >= 11 is 0.445. The molecule has 0 atom stereocenters. The molecule has 0 saturated carbocycles. The minimum Gasteiger partial charge on any atom is -0.506 e. The minimum atomic E-state index is -4.86. The van der Waals surface area contributed by atoms with Crippen LogP contribution in [0.5, 0.6) is 5.75 Å². The number of rotatable bonds is 11. The SMILES string of the molecule is Nc1cc(O)c(N=Nc2cc(SOOO)ccc2S(=O)(=O)O)cc1N=Nc1cc(Nc2cc(F)nc(F)n2)ccc1S(=O)(=O)O. The van der Waals surface area contributed by atoms with Crippen molar-refractivity contribution in [2.45, 2.75) is 14.7 Å². The van der Waals surface area contributed by atoms with E-state index in [1.807, 2.05) is 0 Å². The molecule has 0 spiro atoms. The van der Waals surface area contributed by atoms with Gasteiger partial charge in [0, 0.05) is 22.7 Å². The normalized spacial score (nSPS) is 12.3. The van der Waals surface area contributed by atoms with Crippen LogP contribution in [0.15, 0.2) is 89.7 Å². The van der Waals surface area contributed by atoms with Crippen molar-refractivity contribution in [3.05, 3.63) is 66.6 Å². The van der Waals surface area contributed by atoms with Crippen molar-refractivity contribution < 1.29 is 54.5 Å².